The van der Waals surface area contributed by atoms with Gasteiger partial charge < -0.3 is 4.90 Å². The van der Waals surface area contributed by atoms with Gasteiger partial charge in [-0.15, -0.1) is 0 Å². The second-order valence-electron chi connectivity index (χ2n) is 9.62. The molecule has 1 aromatic heterocycles. The van der Waals surface area contributed by atoms with Crippen molar-refractivity contribution < 1.29 is 4.79 Å². The molecule has 0 N–H and O–H groups in total. The Labute approximate surface area is 182 Å². The van der Waals surface area contributed by atoms with Gasteiger partial charge >= 0.3 is 0 Å². The lowest BCUT2D eigenvalue weighted by Gasteiger charge is -2.43. The van der Waals surface area contributed by atoms with Crippen LogP contribution in [0.4, 0.5) is 0 Å². The first-order chi connectivity index (χ1) is 14.7. The fraction of sp³-hybridized carbons (Fsp3) is 0.760. The molecule has 0 aromatic carbocycles. The number of likely N-dealkylation sites (tertiary alicyclic amines) is 2. The monoisotopic (exact) mass is 412 g/mol. The molecule has 30 heavy (non-hydrogen) atoms. The highest BCUT2D eigenvalue weighted by Crippen LogP contribution is 2.28. The van der Waals surface area contributed by atoms with E-state index in [-0.39, 0.29) is 5.92 Å². The predicted octanol–water partition coefficient (Wildman–Crippen LogP) is 3.94. The number of carbonyl (C=O) groups is 1. The largest absolute Gasteiger partial charge is 0.340 e. The number of piperidine rings is 2. The van der Waals surface area contributed by atoms with E-state index < -0.39 is 0 Å². The molecule has 1 atom stereocenters. The van der Waals surface area contributed by atoms with E-state index in [2.05, 4.69) is 32.7 Å². The maximum atomic E-state index is 13.4. The molecule has 2 aliphatic heterocycles. The van der Waals surface area contributed by atoms with E-state index >= 15 is 0 Å². The third-order valence-corrected chi connectivity index (χ3v) is 7.64. The fourth-order valence-electron chi connectivity index (χ4n) is 5.95. The second-order valence-corrected chi connectivity index (χ2v) is 9.62. The zero-order valence-electron chi connectivity index (χ0n) is 18.8. The first-order valence-electron chi connectivity index (χ1n) is 12.4. The number of hydrogen-bond acceptors (Lipinski definition) is 4. The topological polar surface area (TPSA) is 39.7 Å². The summed E-state index contributed by atoms with van der Waals surface area (Å²) in [5.41, 5.74) is 1.31. The van der Waals surface area contributed by atoms with Crippen LogP contribution in [0.5, 0.6) is 0 Å². The Morgan fingerprint density at radius 2 is 1.87 bits per heavy atom. The third-order valence-electron chi connectivity index (χ3n) is 7.64. The molecule has 1 saturated carbocycles. The Morgan fingerprint density at radius 1 is 1.07 bits per heavy atom. The van der Waals surface area contributed by atoms with Crippen LogP contribution in [0.1, 0.15) is 70.3 Å². The van der Waals surface area contributed by atoms with Crippen molar-refractivity contribution >= 4 is 5.91 Å². The Bertz CT molecular complexity index is 652. The van der Waals surface area contributed by atoms with E-state index in [1.54, 1.807) is 0 Å². The van der Waals surface area contributed by atoms with Crippen LogP contribution in [0.2, 0.25) is 0 Å². The van der Waals surface area contributed by atoms with Crippen LogP contribution in [0, 0.1) is 5.92 Å². The summed E-state index contributed by atoms with van der Waals surface area (Å²) in [6.45, 7) is 8.52. The number of aromatic nitrogens is 1. The normalized spacial score (nSPS) is 25.3. The first kappa shape index (κ1) is 21.8. The van der Waals surface area contributed by atoms with E-state index in [1.165, 1.54) is 63.5 Å². The summed E-state index contributed by atoms with van der Waals surface area (Å²) >= 11 is 0. The van der Waals surface area contributed by atoms with Crippen molar-refractivity contribution in [3.63, 3.8) is 0 Å². The number of rotatable bonds is 6. The number of hydrogen-bond donors (Lipinski definition) is 0. The van der Waals surface area contributed by atoms with Gasteiger partial charge in [0.1, 0.15) is 0 Å². The highest BCUT2D eigenvalue weighted by atomic mass is 16.2. The van der Waals surface area contributed by atoms with Gasteiger partial charge in [0.15, 0.2) is 0 Å². The van der Waals surface area contributed by atoms with E-state index in [0.29, 0.717) is 18.0 Å². The molecule has 3 heterocycles. The van der Waals surface area contributed by atoms with Gasteiger partial charge in [-0.05, 0) is 76.7 Å². The highest BCUT2D eigenvalue weighted by molar-refractivity contribution is 5.79. The van der Waals surface area contributed by atoms with E-state index in [1.807, 2.05) is 18.5 Å². The first-order valence-corrected chi connectivity index (χ1v) is 12.4. The maximum absolute atomic E-state index is 13.4. The molecule has 0 bridgehead atoms. The van der Waals surface area contributed by atoms with Crippen LogP contribution in [0.15, 0.2) is 24.5 Å². The van der Waals surface area contributed by atoms with Crippen LogP contribution in [0.3, 0.4) is 0 Å². The molecule has 3 aliphatic rings. The van der Waals surface area contributed by atoms with Gasteiger partial charge in [-0.25, -0.2) is 0 Å². The molecular weight excluding hydrogens is 372 g/mol. The molecule has 1 amide bonds. The van der Waals surface area contributed by atoms with Gasteiger partial charge in [0.2, 0.25) is 5.91 Å². The molecule has 2 saturated heterocycles. The molecule has 1 unspecified atom stereocenters. The number of pyridine rings is 1. The van der Waals surface area contributed by atoms with Gasteiger partial charge in [0.25, 0.3) is 0 Å². The Morgan fingerprint density at radius 3 is 2.57 bits per heavy atom. The Kier molecular flexibility index (Phi) is 7.78. The zero-order valence-corrected chi connectivity index (χ0v) is 18.8. The predicted molar refractivity (Wildman–Crippen MR) is 121 cm³/mol. The quantitative estimate of drug-likeness (QED) is 0.710. The van der Waals surface area contributed by atoms with Gasteiger partial charge in [-0.1, -0.05) is 25.3 Å². The second kappa shape index (κ2) is 10.7. The highest BCUT2D eigenvalue weighted by Gasteiger charge is 2.35. The van der Waals surface area contributed by atoms with Crippen molar-refractivity contribution in [1.29, 1.82) is 0 Å². The minimum absolute atomic E-state index is 0.217. The Balaban J connectivity index is 1.28. The summed E-state index contributed by atoms with van der Waals surface area (Å²) in [6.07, 6.45) is 14.9. The van der Waals surface area contributed by atoms with Gasteiger partial charge in [0.05, 0.1) is 5.92 Å². The van der Waals surface area contributed by atoms with Crippen molar-refractivity contribution in [2.75, 3.05) is 32.7 Å². The van der Waals surface area contributed by atoms with Crippen molar-refractivity contribution in [1.82, 2.24) is 19.7 Å². The van der Waals surface area contributed by atoms with E-state index in [4.69, 9.17) is 0 Å². The number of nitrogens with zero attached hydrogens (tertiary/aromatic N) is 4. The van der Waals surface area contributed by atoms with Crippen LogP contribution in [-0.2, 0) is 11.3 Å². The van der Waals surface area contributed by atoms with Crippen LogP contribution < -0.4 is 0 Å². The zero-order chi connectivity index (χ0) is 20.8. The summed E-state index contributed by atoms with van der Waals surface area (Å²) < 4.78 is 0. The van der Waals surface area contributed by atoms with Crippen LogP contribution in [0.25, 0.3) is 0 Å². The van der Waals surface area contributed by atoms with Crippen molar-refractivity contribution in [3.8, 4) is 0 Å². The summed E-state index contributed by atoms with van der Waals surface area (Å²) in [7, 11) is 0. The van der Waals surface area contributed by atoms with E-state index in [0.717, 1.165) is 39.1 Å². The summed E-state index contributed by atoms with van der Waals surface area (Å²) in [4.78, 5) is 25.1. The lowest BCUT2D eigenvalue weighted by atomic mass is 9.90. The standard InChI is InChI=1S/C25H40N4O/c1-2-29(24-10-4-3-5-11-24)25(30)22-9-7-15-28(20-22)23-12-16-27(17-13-23)19-21-8-6-14-26-18-21/h6,8,14,18,22-24H,2-5,7,9-13,15-17,19-20H2,1H3. The van der Waals surface area contributed by atoms with Crippen molar-refractivity contribution in [2.45, 2.75) is 83.3 Å². The smallest absolute Gasteiger partial charge is 0.227 e. The maximum Gasteiger partial charge on any atom is 0.227 e. The number of carbonyl (C=O) groups excluding carboxylic acids is 1. The van der Waals surface area contributed by atoms with Crippen LogP contribution in [-0.4, -0.2) is 70.4 Å². The molecular formula is C25H40N4O. The minimum Gasteiger partial charge on any atom is -0.340 e. The van der Waals surface area contributed by atoms with E-state index in [9.17, 15) is 4.79 Å². The SMILES string of the molecule is CCN(C(=O)C1CCCN(C2CCN(Cc3cccnc3)CC2)C1)C1CCCCC1. The molecule has 0 spiro atoms. The number of amides is 1. The molecule has 4 rings (SSSR count). The molecule has 1 aliphatic carbocycles. The van der Waals surface area contributed by atoms with Gasteiger partial charge in [-0.3, -0.25) is 19.6 Å². The van der Waals surface area contributed by atoms with Gasteiger partial charge in [0, 0.05) is 44.1 Å². The fourth-order valence-corrected chi connectivity index (χ4v) is 5.95. The lowest BCUT2D eigenvalue weighted by molar-refractivity contribution is -0.140. The van der Waals surface area contributed by atoms with Crippen molar-refractivity contribution in [3.05, 3.63) is 30.1 Å². The molecule has 5 nitrogen and oxygen atoms in total. The van der Waals surface area contributed by atoms with Crippen molar-refractivity contribution in [2.24, 2.45) is 5.92 Å². The summed E-state index contributed by atoms with van der Waals surface area (Å²) in [5.74, 6) is 0.664. The summed E-state index contributed by atoms with van der Waals surface area (Å²) in [5, 5.41) is 0. The molecule has 0 radical (unpaired) electrons. The average Bonchev–Trinajstić information content (AvgIpc) is 2.81. The van der Waals surface area contributed by atoms with Crippen LogP contribution >= 0.6 is 0 Å². The molecule has 3 fully saturated rings. The van der Waals surface area contributed by atoms with Gasteiger partial charge in [-0.2, -0.15) is 0 Å². The Hall–Kier alpha value is -1.46. The summed E-state index contributed by atoms with van der Waals surface area (Å²) in [6, 6.07) is 5.35. The lowest BCUT2D eigenvalue weighted by Crippen LogP contribution is -2.52. The third kappa shape index (κ3) is 5.42. The molecule has 5 heteroatoms. The minimum atomic E-state index is 0.217. The molecule has 1 aromatic rings. The average molecular weight is 413 g/mol. The molecule has 166 valence electrons.